The summed E-state index contributed by atoms with van der Waals surface area (Å²) in [6.07, 6.45) is 3.57. The van der Waals surface area contributed by atoms with Gasteiger partial charge in [-0.05, 0) is 23.8 Å². The van der Waals surface area contributed by atoms with Crippen LogP contribution in [0.2, 0.25) is 0 Å². The number of pyridine rings is 1. The van der Waals surface area contributed by atoms with Gasteiger partial charge in [0.05, 0.1) is 0 Å². The van der Waals surface area contributed by atoms with Crippen molar-refractivity contribution in [1.29, 1.82) is 0 Å². The number of hydrogen-bond acceptors (Lipinski definition) is 2. The van der Waals surface area contributed by atoms with Gasteiger partial charge in [0.2, 0.25) is 0 Å². The number of hydrogen-bond donors (Lipinski definition) is 0. The molecule has 3 aromatic rings. The highest BCUT2D eigenvalue weighted by atomic mass is 19.1. The molecular weight excluding hydrogens is 296 g/mol. The number of carbonyl (C=O) groups excluding carboxylic acids is 1. The van der Waals surface area contributed by atoms with E-state index >= 15 is 0 Å². The SMILES string of the molecule is O=CC(c1cccnc1)(c1ccccc1F)c1ccccc1F. The first-order valence-electron chi connectivity index (χ1n) is 7.07. The molecule has 0 unspecified atom stereocenters. The molecule has 1 aromatic heterocycles. The quantitative estimate of drug-likeness (QED) is 0.684. The van der Waals surface area contributed by atoms with Crippen LogP contribution in [0.4, 0.5) is 8.78 Å². The summed E-state index contributed by atoms with van der Waals surface area (Å²) in [5, 5.41) is 0. The van der Waals surface area contributed by atoms with Gasteiger partial charge in [-0.3, -0.25) is 4.98 Å². The monoisotopic (exact) mass is 309 g/mol. The van der Waals surface area contributed by atoms with E-state index in [0.29, 0.717) is 11.8 Å². The third kappa shape index (κ3) is 2.42. The molecule has 0 amide bonds. The number of benzene rings is 2. The van der Waals surface area contributed by atoms with Crippen molar-refractivity contribution in [1.82, 2.24) is 4.98 Å². The molecule has 0 spiro atoms. The molecule has 0 N–H and O–H groups in total. The van der Waals surface area contributed by atoms with Gasteiger partial charge in [-0.15, -0.1) is 0 Å². The van der Waals surface area contributed by atoms with Crippen molar-refractivity contribution in [2.24, 2.45) is 0 Å². The first-order chi connectivity index (χ1) is 11.2. The maximum absolute atomic E-state index is 14.5. The summed E-state index contributed by atoms with van der Waals surface area (Å²) < 4.78 is 28.9. The Kier molecular flexibility index (Phi) is 3.98. The Morgan fingerprint density at radius 2 is 1.39 bits per heavy atom. The normalized spacial score (nSPS) is 11.2. The Labute approximate surface area is 132 Å². The minimum absolute atomic E-state index is 0.0908. The highest BCUT2D eigenvalue weighted by molar-refractivity contribution is 5.81. The van der Waals surface area contributed by atoms with Crippen molar-refractivity contribution in [3.63, 3.8) is 0 Å². The van der Waals surface area contributed by atoms with Gasteiger partial charge in [0.1, 0.15) is 23.3 Å². The van der Waals surface area contributed by atoms with Gasteiger partial charge in [0.25, 0.3) is 0 Å². The molecule has 0 aliphatic carbocycles. The zero-order chi connectivity index (χ0) is 16.3. The van der Waals surface area contributed by atoms with E-state index in [9.17, 15) is 13.6 Å². The highest BCUT2D eigenvalue weighted by Gasteiger charge is 2.40. The van der Waals surface area contributed by atoms with Gasteiger partial charge in [-0.2, -0.15) is 0 Å². The predicted octanol–water partition coefficient (Wildman–Crippen LogP) is 3.89. The molecular formula is C19H13F2NO. The van der Waals surface area contributed by atoms with Crippen LogP contribution in [0.5, 0.6) is 0 Å². The van der Waals surface area contributed by atoms with Gasteiger partial charge in [-0.1, -0.05) is 42.5 Å². The highest BCUT2D eigenvalue weighted by Crippen LogP contribution is 2.39. The number of aromatic nitrogens is 1. The second-order valence-corrected chi connectivity index (χ2v) is 5.13. The smallest absolute Gasteiger partial charge is 0.139 e. The number of nitrogens with zero attached hydrogens (tertiary/aromatic N) is 1. The van der Waals surface area contributed by atoms with Gasteiger partial charge < -0.3 is 4.79 Å². The van der Waals surface area contributed by atoms with Crippen molar-refractivity contribution in [3.05, 3.63) is 101 Å². The fourth-order valence-electron chi connectivity index (χ4n) is 2.81. The fourth-order valence-corrected chi connectivity index (χ4v) is 2.81. The van der Waals surface area contributed by atoms with Crippen LogP contribution in [0.1, 0.15) is 16.7 Å². The molecule has 0 fully saturated rings. The molecule has 0 bridgehead atoms. The number of carbonyl (C=O) groups is 1. The summed E-state index contributed by atoms with van der Waals surface area (Å²) in [5.41, 5.74) is -1.00. The molecule has 2 aromatic carbocycles. The predicted molar refractivity (Wildman–Crippen MR) is 83.0 cm³/mol. The molecule has 1 heterocycles. The maximum Gasteiger partial charge on any atom is 0.139 e. The average molecular weight is 309 g/mol. The Balaban J connectivity index is 2.41. The largest absolute Gasteiger partial charge is 0.302 e. The molecule has 0 saturated carbocycles. The van der Waals surface area contributed by atoms with E-state index in [-0.39, 0.29) is 11.1 Å². The van der Waals surface area contributed by atoms with Gasteiger partial charge in [0.15, 0.2) is 0 Å². The van der Waals surface area contributed by atoms with E-state index in [0.717, 1.165) is 0 Å². The van der Waals surface area contributed by atoms with E-state index in [1.807, 2.05) is 0 Å². The lowest BCUT2D eigenvalue weighted by molar-refractivity contribution is -0.110. The van der Waals surface area contributed by atoms with E-state index in [4.69, 9.17) is 0 Å². The van der Waals surface area contributed by atoms with E-state index in [1.54, 1.807) is 30.5 Å². The second-order valence-electron chi connectivity index (χ2n) is 5.13. The first-order valence-corrected chi connectivity index (χ1v) is 7.07. The fraction of sp³-hybridized carbons (Fsp3) is 0.0526. The van der Waals surface area contributed by atoms with Gasteiger partial charge >= 0.3 is 0 Å². The van der Waals surface area contributed by atoms with E-state index < -0.39 is 17.0 Å². The summed E-state index contributed by atoms with van der Waals surface area (Å²) in [4.78, 5) is 16.2. The Hall–Kier alpha value is -2.88. The van der Waals surface area contributed by atoms with Crippen LogP contribution in [-0.4, -0.2) is 11.3 Å². The second kappa shape index (κ2) is 6.08. The summed E-state index contributed by atoms with van der Waals surface area (Å²) in [6.45, 7) is 0. The topological polar surface area (TPSA) is 30.0 Å². The minimum atomic E-state index is -1.59. The molecule has 0 radical (unpaired) electrons. The molecule has 23 heavy (non-hydrogen) atoms. The molecule has 0 aliphatic heterocycles. The third-order valence-corrected chi connectivity index (χ3v) is 3.89. The third-order valence-electron chi connectivity index (χ3n) is 3.89. The van der Waals surface area contributed by atoms with Crippen LogP contribution in [-0.2, 0) is 10.2 Å². The van der Waals surface area contributed by atoms with Crippen LogP contribution in [0.25, 0.3) is 0 Å². The first kappa shape index (κ1) is 15.0. The lowest BCUT2D eigenvalue weighted by Crippen LogP contribution is -2.33. The van der Waals surface area contributed by atoms with Gasteiger partial charge in [-0.25, -0.2) is 8.78 Å². The zero-order valence-corrected chi connectivity index (χ0v) is 12.1. The number of aldehydes is 1. The van der Waals surface area contributed by atoms with Crippen molar-refractivity contribution in [2.75, 3.05) is 0 Å². The van der Waals surface area contributed by atoms with Crippen molar-refractivity contribution in [2.45, 2.75) is 5.41 Å². The standard InChI is InChI=1S/C19H13F2NO/c20-17-9-3-1-7-15(17)19(13-23,14-6-5-11-22-12-14)16-8-2-4-10-18(16)21/h1-13H. The summed E-state index contributed by atoms with van der Waals surface area (Å²) in [5.74, 6) is -1.15. The van der Waals surface area contributed by atoms with Crippen LogP contribution in [0.15, 0.2) is 73.1 Å². The maximum atomic E-state index is 14.5. The Bertz CT molecular complexity index is 788. The Morgan fingerprint density at radius 1 is 0.826 bits per heavy atom. The molecule has 4 heteroatoms. The van der Waals surface area contributed by atoms with Crippen LogP contribution in [0, 0.1) is 11.6 Å². The van der Waals surface area contributed by atoms with E-state index in [1.165, 1.54) is 42.6 Å². The molecule has 0 atom stereocenters. The zero-order valence-electron chi connectivity index (χ0n) is 12.1. The summed E-state index contributed by atoms with van der Waals surface area (Å²) in [6, 6.07) is 15.1. The van der Waals surface area contributed by atoms with E-state index in [2.05, 4.69) is 4.98 Å². The molecule has 2 nitrogen and oxygen atoms in total. The molecule has 114 valence electrons. The number of halogens is 2. The summed E-state index contributed by atoms with van der Waals surface area (Å²) >= 11 is 0. The lowest BCUT2D eigenvalue weighted by Gasteiger charge is -2.30. The molecule has 0 saturated heterocycles. The molecule has 0 aliphatic rings. The molecule has 3 rings (SSSR count). The lowest BCUT2D eigenvalue weighted by atomic mass is 9.70. The van der Waals surface area contributed by atoms with Crippen LogP contribution >= 0.6 is 0 Å². The number of rotatable bonds is 4. The van der Waals surface area contributed by atoms with Crippen molar-refractivity contribution in [3.8, 4) is 0 Å². The van der Waals surface area contributed by atoms with Crippen molar-refractivity contribution >= 4 is 6.29 Å². The van der Waals surface area contributed by atoms with Crippen molar-refractivity contribution < 1.29 is 13.6 Å². The van der Waals surface area contributed by atoms with Crippen LogP contribution < -0.4 is 0 Å². The Morgan fingerprint density at radius 3 is 1.83 bits per heavy atom. The summed E-state index contributed by atoms with van der Waals surface area (Å²) in [7, 11) is 0. The minimum Gasteiger partial charge on any atom is -0.302 e. The van der Waals surface area contributed by atoms with Gasteiger partial charge in [0, 0.05) is 23.5 Å². The average Bonchev–Trinajstić information content (AvgIpc) is 2.60. The van der Waals surface area contributed by atoms with Crippen LogP contribution in [0.3, 0.4) is 0 Å².